The average molecular weight is 584 g/mol. The number of ether oxygens (including phenoxy) is 1. The molecule has 1 aromatic carbocycles. The lowest BCUT2D eigenvalue weighted by Gasteiger charge is -2.41. The zero-order chi connectivity index (χ0) is 30.3. The SMILES string of the molecule is C=CC(=O)N1CCN(c2nc(OC[C@@H]3CCCN3C)nc3c(F)c(-c4cccc5c4CC(C)(C)C5)ncc23)C[C@@H]1CC#N. The van der Waals surface area contributed by atoms with E-state index in [9.17, 15) is 10.1 Å². The first-order chi connectivity index (χ1) is 20.7. The number of aromatic nitrogens is 3. The summed E-state index contributed by atoms with van der Waals surface area (Å²) in [5, 5.41) is 9.96. The minimum Gasteiger partial charge on any atom is -0.462 e. The second-order valence-corrected chi connectivity index (χ2v) is 12.8. The van der Waals surface area contributed by atoms with Gasteiger partial charge in [-0.3, -0.25) is 9.78 Å². The number of carbonyl (C=O) groups excluding carboxylic acids is 1. The molecule has 1 amide bonds. The van der Waals surface area contributed by atoms with Crippen molar-refractivity contribution in [2.45, 2.75) is 58.0 Å². The summed E-state index contributed by atoms with van der Waals surface area (Å²) in [7, 11) is 2.07. The molecule has 0 spiro atoms. The van der Waals surface area contributed by atoms with Crippen LogP contribution >= 0.6 is 0 Å². The molecule has 0 bridgehead atoms. The predicted octanol–water partition coefficient (Wildman–Crippen LogP) is 4.55. The van der Waals surface area contributed by atoms with Crippen molar-refractivity contribution in [3.63, 3.8) is 0 Å². The molecule has 0 unspecified atom stereocenters. The lowest BCUT2D eigenvalue weighted by molar-refractivity contribution is -0.128. The number of hydrogen-bond acceptors (Lipinski definition) is 8. The average Bonchev–Trinajstić information content (AvgIpc) is 3.56. The predicted molar refractivity (Wildman–Crippen MR) is 163 cm³/mol. The van der Waals surface area contributed by atoms with Gasteiger partial charge in [0.1, 0.15) is 23.6 Å². The molecule has 0 radical (unpaired) electrons. The number of halogens is 1. The Morgan fingerprint density at radius 2 is 2.07 bits per heavy atom. The van der Waals surface area contributed by atoms with Crippen molar-refractivity contribution < 1.29 is 13.9 Å². The van der Waals surface area contributed by atoms with Gasteiger partial charge in [-0.2, -0.15) is 15.2 Å². The number of piperazine rings is 1. The molecule has 2 atom stereocenters. The normalized spacial score (nSPS) is 21.6. The summed E-state index contributed by atoms with van der Waals surface area (Å²) in [4.78, 5) is 32.5. The number of hydrogen-bond donors (Lipinski definition) is 0. The van der Waals surface area contributed by atoms with Crippen LogP contribution in [-0.2, 0) is 17.6 Å². The van der Waals surface area contributed by atoms with Crippen LogP contribution in [0.5, 0.6) is 6.01 Å². The summed E-state index contributed by atoms with van der Waals surface area (Å²) in [6.45, 7) is 10.7. The molecular formula is C33H38FN7O2. The highest BCUT2D eigenvalue weighted by atomic mass is 19.1. The van der Waals surface area contributed by atoms with Gasteiger partial charge in [-0.25, -0.2) is 4.39 Å². The van der Waals surface area contributed by atoms with Crippen LogP contribution in [0.3, 0.4) is 0 Å². The minimum atomic E-state index is -0.504. The van der Waals surface area contributed by atoms with Gasteiger partial charge in [0.05, 0.1) is 23.9 Å². The van der Waals surface area contributed by atoms with Gasteiger partial charge < -0.3 is 19.4 Å². The van der Waals surface area contributed by atoms with Crippen molar-refractivity contribution in [3.05, 3.63) is 54.0 Å². The maximum absolute atomic E-state index is 16.6. The third kappa shape index (κ3) is 5.54. The van der Waals surface area contributed by atoms with Crippen LogP contribution in [0.4, 0.5) is 10.2 Å². The molecule has 3 aromatic rings. The van der Waals surface area contributed by atoms with Crippen LogP contribution in [0.1, 0.15) is 44.2 Å². The van der Waals surface area contributed by atoms with E-state index in [-0.39, 0.29) is 47.0 Å². The Bertz CT molecular complexity index is 1620. The Kier molecular flexibility index (Phi) is 7.77. The Morgan fingerprint density at radius 1 is 1.23 bits per heavy atom. The standard InChI is InChI=1S/C33H38FN7O2/c1-5-27(42)41-15-14-40(19-22(41)11-12-35)31-26-18-36-29(24-10-6-8-21-16-33(2,3)17-25(21)24)28(34)30(26)37-32(38-31)43-20-23-9-7-13-39(23)4/h5-6,8,10,18,22-23H,1,7,9,11,13-17,19-20H2,2-4H3/t22-,23-/m0/s1. The van der Waals surface area contributed by atoms with Crippen molar-refractivity contribution in [1.29, 1.82) is 5.26 Å². The van der Waals surface area contributed by atoms with E-state index in [0.717, 1.165) is 43.4 Å². The quantitative estimate of drug-likeness (QED) is 0.374. The highest BCUT2D eigenvalue weighted by Gasteiger charge is 2.34. The Labute approximate surface area is 252 Å². The Morgan fingerprint density at radius 3 is 2.81 bits per heavy atom. The molecule has 0 saturated carbocycles. The van der Waals surface area contributed by atoms with Crippen LogP contribution < -0.4 is 9.64 Å². The molecule has 43 heavy (non-hydrogen) atoms. The highest BCUT2D eigenvalue weighted by molar-refractivity contribution is 5.93. The Hall–Kier alpha value is -4.10. The van der Waals surface area contributed by atoms with Crippen molar-refractivity contribution in [2.24, 2.45) is 5.41 Å². The lowest BCUT2D eigenvalue weighted by atomic mass is 9.89. The van der Waals surface area contributed by atoms with Crippen molar-refractivity contribution in [2.75, 3.05) is 44.7 Å². The van der Waals surface area contributed by atoms with E-state index in [1.165, 1.54) is 11.6 Å². The van der Waals surface area contributed by atoms with Gasteiger partial charge in [0.2, 0.25) is 5.91 Å². The van der Waals surface area contributed by atoms with E-state index >= 15 is 4.39 Å². The number of likely N-dealkylation sites (tertiary alicyclic amines) is 1. The van der Waals surface area contributed by atoms with Gasteiger partial charge in [-0.15, -0.1) is 0 Å². The number of nitrogens with zero attached hydrogens (tertiary/aromatic N) is 7. The number of amides is 1. The largest absolute Gasteiger partial charge is 0.462 e. The number of benzene rings is 1. The summed E-state index contributed by atoms with van der Waals surface area (Å²) in [5.74, 6) is -0.227. The van der Waals surface area contributed by atoms with Gasteiger partial charge in [0, 0.05) is 37.4 Å². The summed E-state index contributed by atoms with van der Waals surface area (Å²) >= 11 is 0. The van der Waals surface area contributed by atoms with E-state index in [0.29, 0.717) is 37.4 Å². The van der Waals surface area contributed by atoms with Gasteiger partial charge in [-0.05, 0) is 61.9 Å². The monoisotopic (exact) mass is 583 g/mol. The molecule has 2 aromatic heterocycles. The first kappa shape index (κ1) is 29.0. The van der Waals surface area contributed by atoms with Crippen LogP contribution in [0.2, 0.25) is 0 Å². The van der Waals surface area contributed by atoms with Gasteiger partial charge in [-0.1, -0.05) is 38.6 Å². The van der Waals surface area contributed by atoms with E-state index in [4.69, 9.17) is 9.72 Å². The number of anilines is 1. The molecule has 6 rings (SSSR count). The van der Waals surface area contributed by atoms with E-state index in [1.54, 1.807) is 11.1 Å². The molecule has 2 aliphatic heterocycles. The minimum absolute atomic E-state index is 0.102. The van der Waals surface area contributed by atoms with Crippen molar-refractivity contribution in [3.8, 4) is 23.3 Å². The summed E-state index contributed by atoms with van der Waals surface area (Å²) in [6, 6.07) is 8.21. The van der Waals surface area contributed by atoms with Crippen LogP contribution in [-0.4, -0.2) is 82.6 Å². The number of likely N-dealkylation sites (N-methyl/N-ethyl adjacent to an activating group) is 1. The second kappa shape index (κ2) is 11.5. The van der Waals surface area contributed by atoms with Crippen LogP contribution in [0.25, 0.3) is 22.2 Å². The van der Waals surface area contributed by atoms with E-state index in [1.807, 2.05) is 17.0 Å². The van der Waals surface area contributed by atoms with Gasteiger partial charge >= 0.3 is 6.01 Å². The molecule has 0 N–H and O–H groups in total. The molecule has 2 fully saturated rings. The Balaban J connectivity index is 1.43. The number of carbonyl (C=O) groups is 1. The summed E-state index contributed by atoms with van der Waals surface area (Å²) in [6.07, 6.45) is 6.99. The first-order valence-corrected chi connectivity index (χ1v) is 15.0. The van der Waals surface area contributed by atoms with E-state index < -0.39 is 5.82 Å². The smallest absolute Gasteiger partial charge is 0.319 e. The van der Waals surface area contributed by atoms with E-state index in [2.05, 4.69) is 54.5 Å². The zero-order valence-corrected chi connectivity index (χ0v) is 25.1. The zero-order valence-electron chi connectivity index (χ0n) is 25.1. The fraction of sp³-hybridized carbons (Fsp3) is 0.485. The number of rotatable bonds is 7. The van der Waals surface area contributed by atoms with Crippen molar-refractivity contribution in [1.82, 2.24) is 24.8 Å². The molecule has 224 valence electrons. The molecule has 3 aliphatic rings. The molecule has 9 nitrogen and oxygen atoms in total. The van der Waals surface area contributed by atoms with Crippen LogP contribution in [0, 0.1) is 22.6 Å². The summed E-state index contributed by atoms with van der Waals surface area (Å²) < 4.78 is 22.8. The molecule has 2 saturated heterocycles. The number of nitriles is 1. The van der Waals surface area contributed by atoms with Gasteiger partial charge in [0.15, 0.2) is 5.82 Å². The highest BCUT2D eigenvalue weighted by Crippen LogP contribution is 2.42. The molecule has 10 heteroatoms. The van der Waals surface area contributed by atoms with Crippen molar-refractivity contribution >= 4 is 22.6 Å². The molecule has 4 heterocycles. The fourth-order valence-electron chi connectivity index (χ4n) is 6.90. The number of pyridine rings is 1. The maximum Gasteiger partial charge on any atom is 0.319 e. The van der Waals surface area contributed by atoms with Gasteiger partial charge in [0.25, 0.3) is 0 Å². The topological polar surface area (TPSA) is 98.5 Å². The fourth-order valence-corrected chi connectivity index (χ4v) is 6.90. The third-order valence-electron chi connectivity index (χ3n) is 9.14. The number of fused-ring (bicyclic) bond motifs is 2. The lowest BCUT2D eigenvalue weighted by Crippen LogP contribution is -2.55. The maximum atomic E-state index is 16.6. The van der Waals surface area contributed by atoms with Crippen LogP contribution in [0.15, 0.2) is 37.1 Å². The first-order valence-electron chi connectivity index (χ1n) is 15.0. The molecule has 1 aliphatic carbocycles. The third-order valence-corrected chi connectivity index (χ3v) is 9.14. The summed E-state index contributed by atoms with van der Waals surface area (Å²) in [5.41, 5.74) is 3.69. The molecular weight excluding hydrogens is 545 g/mol. The second-order valence-electron chi connectivity index (χ2n) is 12.8.